The number of sulfone groups is 1. The number of carbonyl (C=O) groups is 1. The lowest BCUT2D eigenvalue weighted by molar-refractivity contribution is 0.206. The Kier molecular flexibility index (Phi) is 3.72. The van der Waals surface area contributed by atoms with Crippen molar-refractivity contribution in [1.29, 1.82) is 0 Å². The minimum Gasteiger partial charge on any atom is -0.338 e. The topological polar surface area (TPSA) is 66.5 Å². The monoisotopic (exact) mass is 314 g/mol. The first-order valence-corrected chi connectivity index (χ1v) is 9.54. The summed E-state index contributed by atoms with van der Waals surface area (Å²) in [6.45, 7) is 1.78. The van der Waals surface area contributed by atoms with E-state index in [-0.39, 0.29) is 29.4 Å². The Hall–Kier alpha value is -1.08. The lowest BCUT2D eigenvalue weighted by Crippen LogP contribution is -2.40. The summed E-state index contributed by atoms with van der Waals surface area (Å²) in [7, 11) is -2.86. The van der Waals surface area contributed by atoms with Crippen molar-refractivity contribution in [2.75, 3.05) is 31.1 Å². The first kappa shape index (κ1) is 13.9. The molecule has 3 rings (SSSR count). The fourth-order valence-corrected chi connectivity index (χ4v) is 5.96. The van der Waals surface area contributed by atoms with Gasteiger partial charge >= 0.3 is 6.03 Å². The number of nitrogens with one attached hydrogen (secondary N) is 1. The standard InChI is InChI=1S/C13H18N2O3S2/c16-13(14-3-1-10-2-4-19-7-10)15-5-11-8-20(17,18)9-12(11)6-15/h2,4,7,11-12H,1,3,5-6,8-9H2,(H,14,16)/t11-,12+. The predicted molar refractivity (Wildman–Crippen MR) is 78.6 cm³/mol. The third kappa shape index (κ3) is 2.98. The number of fused-ring (bicyclic) bond motifs is 1. The highest BCUT2D eigenvalue weighted by molar-refractivity contribution is 7.91. The fraction of sp³-hybridized carbons (Fsp3) is 0.615. The molecule has 7 heteroatoms. The number of rotatable bonds is 3. The maximum Gasteiger partial charge on any atom is 0.317 e. The van der Waals surface area contributed by atoms with E-state index >= 15 is 0 Å². The van der Waals surface area contributed by atoms with Crippen LogP contribution < -0.4 is 5.32 Å². The van der Waals surface area contributed by atoms with Gasteiger partial charge in [0.25, 0.3) is 0 Å². The van der Waals surface area contributed by atoms with Crippen LogP contribution in [0.15, 0.2) is 16.8 Å². The Bertz CT molecular complexity index is 563. The first-order chi connectivity index (χ1) is 9.53. The fourth-order valence-electron chi connectivity index (χ4n) is 3.06. The van der Waals surface area contributed by atoms with E-state index in [4.69, 9.17) is 0 Å². The number of amides is 2. The molecule has 0 bridgehead atoms. The number of carbonyl (C=O) groups excluding carboxylic acids is 1. The molecule has 3 heterocycles. The van der Waals surface area contributed by atoms with Crippen LogP contribution in [-0.2, 0) is 16.3 Å². The molecule has 5 nitrogen and oxygen atoms in total. The highest BCUT2D eigenvalue weighted by Gasteiger charge is 2.44. The molecule has 1 N–H and O–H groups in total. The van der Waals surface area contributed by atoms with Gasteiger partial charge in [0.15, 0.2) is 9.84 Å². The van der Waals surface area contributed by atoms with Crippen LogP contribution in [0, 0.1) is 11.8 Å². The van der Waals surface area contributed by atoms with Crippen molar-refractivity contribution in [3.8, 4) is 0 Å². The predicted octanol–water partition coefficient (Wildman–Crippen LogP) is 0.977. The Labute approximate surface area is 122 Å². The van der Waals surface area contributed by atoms with Crippen molar-refractivity contribution in [2.45, 2.75) is 6.42 Å². The van der Waals surface area contributed by atoms with E-state index in [0.717, 1.165) is 6.42 Å². The van der Waals surface area contributed by atoms with Crippen LogP contribution in [0.1, 0.15) is 5.56 Å². The van der Waals surface area contributed by atoms with Gasteiger partial charge in [0.1, 0.15) is 0 Å². The molecular formula is C13H18N2O3S2. The number of thiophene rings is 1. The van der Waals surface area contributed by atoms with E-state index in [1.165, 1.54) is 5.56 Å². The Balaban J connectivity index is 1.46. The van der Waals surface area contributed by atoms with E-state index in [2.05, 4.69) is 16.8 Å². The molecule has 0 unspecified atom stereocenters. The summed E-state index contributed by atoms with van der Waals surface area (Å²) in [5.41, 5.74) is 1.24. The minimum atomic E-state index is -2.86. The molecule has 2 fully saturated rings. The number of hydrogen-bond donors (Lipinski definition) is 1. The zero-order chi connectivity index (χ0) is 14.2. The largest absolute Gasteiger partial charge is 0.338 e. The van der Waals surface area contributed by atoms with Gasteiger partial charge in [-0.1, -0.05) is 0 Å². The molecule has 0 spiro atoms. The van der Waals surface area contributed by atoms with Crippen molar-refractivity contribution in [3.05, 3.63) is 22.4 Å². The molecule has 2 amide bonds. The van der Waals surface area contributed by atoms with Gasteiger partial charge in [-0.25, -0.2) is 13.2 Å². The van der Waals surface area contributed by atoms with Crippen LogP contribution in [0.5, 0.6) is 0 Å². The Morgan fingerprint density at radius 1 is 1.35 bits per heavy atom. The summed E-state index contributed by atoms with van der Waals surface area (Å²) in [6.07, 6.45) is 0.838. The molecule has 0 aromatic carbocycles. The second kappa shape index (κ2) is 5.37. The zero-order valence-corrected chi connectivity index (χ0v) is 12.8. The van der Waals surface area contributed by atoms with Gasteiger partial charge in [-0.05, 0) is 40.6 Å². The summed E-state index contributed by atoms with van der Waals surface area (Å²) in [5, 5.41) is 7.02. The van der Waals surface area contributed by atoms with E-state index in [9.17, 15) is 13.2 Å². The van der Waals surface area contributed by atoms with Gasteiger partial charge < -0.3 is 10.2 Å². The molecular weight excluding hydrogens is 296 g/mol. The van der Waals surface area contributed by atoms with E-state index in [1.54, 1.807) is 16.2 Å². The van der Waals surface area contributed by atoms with E-state index < -0.39 is 9.84 Å². The van der Waals surface area contributed by atoms with Crippen molar-refractivity contribution in [3.63, 3.8) is 0 Å². The van der Waals surface area contributed by atoms with Crippen molar-refractivity contribution in [1.82, 2.24) is 10.2 Å². The number of urea groups is 1. The summed E-state index contributed by atoms with van der Waals surface area (Å²) < 4.78 is 23.0. The van der Waals surface area contributed by atoms with Gasteiger partial charge in [0.05, 0.1) is 11.5 Å². The highest BCUT2D eigenvalue weighted by Crippen LogP contribution is 2.32. The summed E-state index contributed by atoms with van der Waals surface area (Å²) >= 11 is 1.65. The third-order valence-corrected chi connectivity index (χ3v) is 6.67. The van der Waals surface area contributed by atoms with Crippen LogP contribution in [-0.4, -0.2) is 50.5 Å². The molecule has 20 heavy (non-hydrogen) atoms. The number of likely N-dealkylation sites (tertiary alicyclic amines) is 1. The average Bonchev–Trinajstić information content (AvgIpc) is 3.03. The maximum atomic E-state index is 12.0. The molecule has 1 aromatic heterocycles. The number of hydrogen-bond acceptors (Lipinski definition) is 4. The van der Waals surface area contributed by atoms with Gasteiger partial charge in [-0.2, -0.15) is 11.3 Å². The maximum absolute atomic E-state index is 12.0. The van der Waals surface area contributed by atoms with Crippen molar-refractivity contribution < 1.29 is 13.2 Å². The van der Waals surface area contributed by atoms with Crippen LogP contribution >= 0.6 is 11.3 Å². The zero-order valence-electron chi connectivity index (χ0n) is 11.1. The molecule has 1 aromatic rings. The molecule has 2 aliphatic rings. The summed E-state index contributed by atoms with van der Waals surface area (Å²) in [5.74, 6) is 0.775. The number of nitrogens with zero attached hydrogens (tertiary/aromatic N) is 1. The summed E-state index contributed by atoms with van der Waals surface area (Å²) in [6, 6.07) is 1.99. The molecule has 2 atom stereocenters. The Morgan fingerprint density at radius 3 is 2.65 bits per heavy atom. The van der Waals surface area contributed by atoms with Gasteiger partial charge in [-0.15, -0.1) is 0 Å². The third-order valence-electron chi connectivity index (χ3n) is 4.07. The minimum absolute atomic E-state index is 0.0629. The van der Waals surface area contributed by atoms with Crippen LogP contribution in [0.4, 0.5) is 4.79 Å². The summed E-state index contributed by atoms with van der Waals surface area (Å²) in [4.78, 5) is 13.8. The highest BCUT2D eigenvalue weighted by atomic mass is 32.2. The SMILES string of the molecule is O=C(NCCc1ccsc1)N1C[C@@H]2CS(=O)(=O)C[C@@H]2C1. The second-order valence-corrected chi connectivity index (χ2v) is 8.55. The lowest BCUT2D eigenvalue weighted by Gasteiger charge is -2.18. The van der Waals surface area contributed by atoms with Crippen molar-refractivity contribution in [2.24, 2.45) is 11.8 Å². The van der Waals surface area contributed by atoms with Gasteiger partial charge in [0, 0.05) is 19.6 Å². The van der Waals surface area contributed by atoms with Gasteiger partial charge in [0.2, 0.25) is 0 Å². The van der Waals surface area contributed by atoms with Crippen LogP contribution in [0.2, 0.25) is 0 Å². The van der Waals surface area contributed by atoms with Crippen LogP contribution in [0.25, 0.3) is 0 Å². The molecule has 0 saturated carbocycles. The molecule has 0 radical (unpaired) electrons. The second-order valence-electron chi connectivity index (χ2n) is 5.62. The molecule has 110 valence electrons. The normalized spacial score (nSPS) is 27.5. The molecule has 0 aliphatic carbocycles. The van der Waals surface area contributed by atoms with E-state index in [0.29, 0.717) is 19.6 Å². The molecule has 2 aliphatic heterocycles. The van der Waals surface area contributed by atoms with E-state index in [1.807, 2.05) is 5.38 Å². The first-order valence-electron chi connectivity index (χ1n) is 6.78. The average molecular weight is 314 g/mol. The quantitative estimate of drug-likeness (QED) is 0.904. The molecule has 2 saturated heterocycles. The lowest BCUT2D eigenvalue weighted by atomic mass is 10.0. The smallest absolute Gasteiger partial charge is 0.317 e. The Morgan fingerprint density at radius 2 is 2.05 bits per heavy atom. The van der Waals surface area contributed by atoms with Gasteiger partial charge in [-0.3, -0.25) is 0 Å². The van der Waals surface area contributed by atoms with Crippen LogP contribution in [0.3, 0.4) is 0 Å². The van der Waals surface area contributed by atoms with Crippen molar-refractivity contribution >= 4 is 27.2 Å².